The third-order valence-electron chi connectivity index (χ3n) is 3.20. The Labute approximate surface area is 114 Å². The summed E-state index contributed by atoms with van der Waals surface area (Å²) >= 11 is 0. The van der Waals surface area contributed by atoms with Crippen molar-refractivity contribution < 1.29 is 8.78 Å². The van der Waals surface area contributed by atoms with E-state index in [9.17, 15) is 8.78 Å². The summed E-state index contributed by atoms with van der Waals surface area (Å²) in [7, 11) is 0. The molecule has 0 bridgehead atoms. The van der Waals surface area contributed by atoms with Crippen molar-refractivity contribution >= 4 is 0 Å². The SMILES string of the molecule is C=CC(C)(CNCC(C)C)Cc1cccc(F)c1F. The topological polar surface area (TPSA) is 12.0 Å². The summed E-state index contributed by atoms with van der Waals surface area (Å²) in [5.41, 5.74) is 0.109. The standard InChI is InChI=1S/C16H23F2N/c1-5-16(4,11-19-10-12(2)3)9-13-7-6-8-14(17)15(13)18/h5-8,12,19H,1,9-11H2,2-4H3. The Morgan fingerprint density at radius 1 is 1.37 bits per heavy atom. The average Bonchev–Trinajstić information content (AvgIpc) is 2.34. The van der Waals surface area contributed by atoms with E-state index in [1.165, 1.54) is 0 Å². The van der Waals surface area contributed by atoms with Crippen LogP contribution < -0.4 is 5.32 Å². The predicted molar refractivity (Wildman–Crippen MR) is 76.1 cm³/mol. The molecule has 1 N–H and O–H groups in total. The molecule has 0 aliphatic rings. The van der Waals surface area contributed by atoms with Crippen LogP contribution >= 0.6 is 0 Å². The van der Waals surface area contributed by atoms with Gasteiger partial charge in [-0.3, -0.25) is 0 Å². The Morgan fingerprint density at radius 3 is 2.63 bits per heavy atom. The van der Waals surface area contributed by atoms with Crippen molar-refractivity contribution in [2.75, 3.05) is 13.1 Å². The molecule has 0 aliphatic carbocycles. The number of nitrogens with one attached hydrogen (secondary N) is 1. The summed E-state index contributed by atoms with van der Waals surface area (Å²) in [6.45, 7) is 11.7. The zero-order chi connectivity index (χ0) is 14.5. The normalized spacial score (nSPS) is 14.4. The Bertz CT molecular complexity index is 429. The number of hydrogen-bond donors (Lipinski definition) is 1. The van der Waals surface area contributed by atoms with Crippen LogP contribution in [0.2, 0.25) is 0 Å². The molecule has 0 saturated carbocycles. The van der Waals surface area contributed by atoms with Gasteiger partial charge in [0.25, 0.3) is 0 Å². The molecule has 3 heteroatoms. The minimum atomic E-state index is -0.793. The molecule has 0 heterocycles. The van der Waals surface area contributed by atoms with Crippen molar-refractivity contribution in [1.29, 1.82) is 0 Å². The van der Waals surface area contributed by atoms with Crippen LogP contribution in [0.3, 0.4) is 0 Å². The Kier molecular flexibility index (Phi) is 5.67. The molecule has 1 nitrogen and oxygen atoms in total. The highest BCUT2D eigenvalue weighted by Crippen LogP contribution is 2.25. The summed E-state index contributed by atoms with van der Waals surface area (Å²) < 4.78 is 26.9. The highest BCUT2D eigenvalue weighted by atomic mass is 19.2. The van der Waals surface area contributed by atoms with Crippen LogP contribution in [0, 0.1) is 23.0 Å². The van der Waals surface area contributed by atoms with E-state index in [-0.39, 0.29) is 5.41 Å². The van der Waals surface area contributed by atoms with Crippen molar-refractivity contribution in [2.24, 2.45) is 11.3 Å². The Morgan fingerprint density at radius 2 is 2.05 bits per heavy atom. The number of benzene rings is 1. The molecule has 1 atom stereocenters. The van der Waals surface area contributed by atoms with Crippen LogP contribution in [0.25, 0.3) is 0 Å². The van der Waals surface area contributed by atoms with E-state index >= 15 is 0 Å². The lowest BCUT2D eigenvalue weighted by Crippen LogP contribution is -2.34. The Balaban J connectivity index is 2.74. The largest absolute Gasteiger partial charge is 0.316 e. The molecule has 0 radical (unpaired) electrons. The second kappa shape index (κ2) is 6.80. The fourth-order valence-electron chi connectivity index (χ4n) is 1.97. The molecule has 0 fully saturated rings. The quantitative estimate of drug-likeness (QED) is 0.738. The van der Waals surface area contributed by atoms with Gasteiger partial charge in [0.1, 0.15) is 0 Å². The van der Waals surface area contributed by atoms with Crippen molar-refractivity contribution in [3.05, 3.63) is 48.1 Å². The van der Waals surface area contributed by atoms with E-state index in [0.29, 0.717) is 24.4 Å². The van der Waals surface area contributed by atoms with Gasteiger partial charge in [-0.15, -0.1) is 6.58 Å². The molecule has 19 heavy (non-hydrogen) atoms. The van der Waals surface area contributed by atoms with Crippen molar-refractivity contribution in [2.45, 2.75) is 27.2 Å². The van der Waals surface area contributed by atoms with E-state index in [1.54, 1.807) is 12.1 Å². The van der Waals surface area contributed by atoms with Gasteiger partial charge in [-0.1, -0.05) is 39.0 Å². The third-order valence-corrected chi connectivity index (χ3v) is 3.20. The average molecular weight is 267 g/mol. The van der Waals surface area contributed by atoms with Gasteiger partial charge >= 0.3 is 0 Å². The Hall–Kier alpha value is -1.22. The highest BCUT2D eigenvalue weighted by molar-refractivity contribution is 5.21. The molecular weight excluding hydrogens is 244 g/mol. The van der Waals surface area contributed by atoms with E-state index in [0.717, 1.165) is 12.6 Å². The maximum atomic E-state index is 13.7. The maximum absolute atomic E-state index is 13.7. The first-order valence-electron chi connectivity index (χ1n) is 6.65. The van der Waals surface area contributed by atoms with Gasteiger partial charge in [0.15, 0.2) is 11.6 Å². The van der Waals surface area contributed by atoms with Crippen LogP contribution in [-0.2, 0) is 6.42 Å². The molecule has 0 saturated heterocycles. The lowest BCUT2D eigenvalue weighted by molar-refractivity contribution is 0.369. The van der Waals surface area contributed by atoms with E-state index in [4.69, 9.17) is 0 Å². The smallest absolute Gasteiger partial charge is 0.162 e. The monoisotopic (exact) mass is 267 g/mol. The van der Waals surface area contributed by atoms with Gasteiger partial charge in [-0.25, -0.2) is 8.78 Å². The van der Waals surface area contributed by atoms with Crippen LogP contribution in [0.5, 0.6) is 0 Å². The van der Waals surface area contributed by atoms with E-state index in [1.807, 2.05) is 13.0 Å². The molecular formula is C16H23F2N. The van der Waals surface area contributed by atoms with Gasteiger partial charge in [0.2, 0.25) is 0 Å². The van der Waals surface area contributed by atoms with Crippen molar-refractivity contribution in [3.63, 3.8) is 0 Å². The number of hydrogen-bond acceptors (Lipinski definition) is 1. The highest BCUT2D eigenvalue weighted by Gasteiger charge is 2.23. The van der Waals surface area contributed by atoms with E-state index in [2.05, 4.69) is 25.7 Å². The van der Waals surface area contributed by atoms with Gasteiger partial charge in [0, 0.05) is 12.0 Å². The van der Waals surface area contributed by atoms with Crippen molar-refractivity contribution in [3.8, 4) is 0 Å². The van der Waals surface area contributed by atoms with Gasteiger partial charge in [-0.05, 0) is 30.5 Å². The molecule has 1 rings (SSSR count). The second-order valence-electron chi connectivity index (χ2n) is 5.77. The first kappa shape index (κ1) is 15.8. The molecule has 0 spiro atoms. The van der Waals surface area contributed by atoms with Crippen LogP contribution in [0.4, 0.5) is 8.78 Å². The minimum Gasteiger partial charge on any atom is -0.316 e. The molecule has 0 aliphatic heterocycles. The first-order chi connectivity index (χ1) is 8.88. The van der Waals surface area contributed by atoms with Crippen LogP contribution in [0.1, 0.15) is 26.3 Å². The van der Waals surface area contributed by atoms with Gasteiger partial charge < -0.3 is 5.32 Å². The first-order valence-corrected chi connectivity index (χ1v) is 6.65. The maximum Gasteiger partial charge on any atom is 0.162 e. The molecule has 1 aromatic rings. The predicted octanol–water partition coefficient (Wildman–Crippen LogP) is 3.95. The fourth-order valence-corrected chi connectivity index (χ4v) is 1.97. The molecule has 106 valence electrons. The zero-order valence-electron chi connectivity index (χ0n) is 12.0. The minimum absolute atomic E-state index is 0.288. The number of halogens is 2. The molecule has 1 aromatic carbocycles. The van der Waals surface area contributed by atoms with Gasteiger partial charge in [0.05, 0.1) is 0 Å². The lowest BCUT2D eigenvalue weighted by atomic mass is 9.83. The molecule has 0 amide bonds. The third kappa shape index (κ3) is 4.75. The summed E-state index contributed by atoms with van der Waals surface area (Å²) in [5, 5.41) is 3.34. The summed E-state index contributed by atoms with van der Waals surface area (Å²) in [6.07, 6.45) is 2.25. The molecule has 0 aromatic heterocycles. The second-order valence-corrected chi connectivity index (χ2v) is 5.77. The van der Waals surface area contributed by atoms with Crippen LogP contribution in [-0.4, -0.2) is 13.1 Å². The zero-order valence-corrected chi connectivity index (χ0v) is 12.0. The van der Waals surface area contributed by atoms with E-state index < -0.39 is 11.6 Å². The summed E-state index contributed by atoms with van der Waals surface area (Å²) in [5.74, 6) is -0.988. The fraction of sp³-hybridized carbons (Fsp3) is 0.500. The van der Waals surface area contributed by atoms with Crippen LogP contribution in [0.15, 0.2) is 30.9 Å². The van der Waals surface area contributed by atoms with Gasteiger partial charge in [-0.2, -0.15) is 0 Å². The lowest BCUT2D eigenvalue weighted by Gasteiger charge is -2.27. The number of rotatable bonds is 7. The summed E-state index contributed by atoms with van der Waals surface area (Å²) in [4.78, 5) is 0. The molecule has 1 unspecified atom stereocenters. The summed E-state index contributed by atoms with van der Waals surface area (Å²) in [6, 6.07) is 4.31. The van der Waals surface area contributed by atoms with Crippen molar-refractivity contribution in [1.82, 2.24) is 5.32 Å².